The molecule has 0 saturated heterocycles. The second kappa shape index (κ2) is 18.2. The molecule has 10 heteroatoms. The van der Waals surface area contributed by atoms with Crippen molar-refractivity contribution in [3.05, 3.63) is 0 Å². The number of thiol groups is 2. The smallest absolute Gasteiger partial charge is 0.340 e. The maximum absolute atomic E-state index is 6.26. The van der Waals surface area contributed by atoms with Crippen LogP contribution in [0.2, 0.25) is 23.2 Å². The molecule has 0 amide bonds. The van der Waals surface area contributed by atoms with Crippen LogP contribution in [-0.4, -0.2) is 57.1 Å². The molecule has 216 valence electrons. The van der Waals surface area contributed by atoms with E-state index < -0.39 is 25.2 Å². The molecule has 0 aromatic heterocycles. The molecule has 0 unspecified atom stereocenters. The van der Waals surface area contributed by atoms with Crippen molar-refractivity contribution < 1.29 is 17.7 Å². The van der Waals surface area contributed by atoms with Gasteiger partial charge >= 0.3 is 17.1 Å². The molecule has 0 aromatic carbocycles. The first-order chi connectivity index (χ1) is 17.4. The normalized spacial score (nSPS) is 20.9. The second-order valence-corrected chi connectivity index (χ2v) is 27.6. The predicted molar refractivity (Wildman–Crippen MR) is 173 cm³/mol. The molecule has 0 spiro atoms. The van der Waals surface area contributed by atoms with Crippen LogP contribution in [0.25, 0.3) is 0 Å². The molecule has 0 aliphatic heterocycles. The van der Waals surface area contributed by atoms with Crippen molar-refractivity contribution in [3.8, 4) is 0 Å². The summed E-state index contributed by atoms with van der Waals surface area (Å²) in [5.74, 6) is 2.22. The Kier molecular flexibility index (Phi) is 17.1. The first-order valence-corrected chi connectivity index (χ1v) is 24.1. The van der Waals surface area contributed by atoms with Crippen LogP contribution < -0.4 is 0 Å². The zero-order valence-electron chi connectivity index (χ0n) is 23.6. The lowest BCUT2D eigenvalue weighted by Gasteiger charge is -2.39. The van der Waals surface area contributed by atoms with Crippen molar-refractivity contribution >= 4 is 58.4 Å². The van der Waals surface area contributed by atoms with Crippen molar-refractivity contribution in [2.45, 2.75) is 126 Å². The molecule has 0 N–H and O–H groups in total. The zero-order chi connectivity index (χ0) is 26.3. The average Bonchev–Trinajstić information content (AvgIpc) is 2.85. The average molecular weight is 617 g/mol. The molecule has 36 heavy (non-hydrogen) atoms. The van der Waals surface area contributed by atoms with Crippen molar-refractivity contribution in [2.24, 2.45) is 0 Å². The summed E-state index contributed by atoms with van der Waals surface area (Å²) in [5, 5.41) is 0. The Morgan fingerprint density at radius 3 is 1.19 bits per heavy atom. The van der Waals surface area contributed by atoms with Crippen LogP contribution in [0.3, 0.4) is 0 Å². The fourth-order valence-electron chi connectivity index (χ4n) is 6.71. The molecule has 2 saturated carbocycles. The molecular weight excluding hydrogens is 561 g/mol. The monoisotopic (exact) mass is 616 g/mol. The van der Waals surface area contributed by atoms with Gasteiger partial charge in [0.2, 0.25) is 0 Å². The fourth-order valence-corrected chi connectivity index (χ4v) is 19.2. The summed E-state index contributed by atoms with van der Waals surface area (Å²) in [6.45, 7) is 0. The van der Waals surface area contributed by atoms with Gasteiger partial charge < -0.3 is 17.7 Å². The molecular formula is C26H56O4S4Si2. The molecule has 0 heterocycles. The van der Waals surface area contributed by atoms with Crippen LogP contribution >= 0.6 is 41.2 Å². The molecule has 0 radical (unpaired) electrons. The van der Waals surface area contributed by atoms with E-state index in [9.17, 15) is 0 Å². The maximum Gasteiger partial charge on any atom is 0.340 e. The first-order valence-electron chi connectivity index (χ1n) is 14.5. The number of hydrogen-bond acceptors (Lipinski definition) is 7. The third kappa shape index (κ3) is 10.3. The molecule has 2 rings (SSSR count). The molecule has 0 bridgehead atoms. The highest BCUT2D eigenvalue weighted by Gasteiger charge is 2.45. The minimum Gasteiger partial charge on any atom is -0.397 e. The number of rotatable bonds is 15. The Bertz CT molecular complexity index is 522. The van der Waals surface area contributed by atoms with Gasteiger partial charge in [-0.25, -0.2) is 0 Å². The van der Waals surface area contributed by atoms with Crippen LogP contribution in [0.1, 0.15) is 103 Å². The standard InChI is InChI=1S/C26H56O4S4Si2/c1-27-35(28-2,25-17-11-7-5-8-12-18-25)23-15-21-34(32,33-31)22-16-24-36(29-3,30-4)26-19-13-9-6-10-14-20-26/h25-26,31-32H,5-24H2,1-4H3. The SMILES string of the molecule is CO[Si](CCCS(S)(CCC[Si](OC)(OC)C1CCCCCCC1)SS)(OC)C1CCCCCCC1. The summed E-state index contributed by atoms with van der Waals surface area (Å²) in [6.07, 6.45) is 20.9. The van der Waals surface area contributed by atoms with E-state index in [1.165, 1.54) is 89.9 Å². The zero-order valence-corrected chi connectivity index (χ0v) is 29.1. The first kappa shape index (κ1) is 33.9. The molecule has 2 aliphatic carbocycles. The Hall–Kier alpha value is 1.67. The highest BCUT2D eigenvalue weighted by atomic mass is 33.7. The fraction of sp³-hybridized carbons (Fsp3) is 1.00. The van der Waals surface area contributed by atoms with E-state index in [4.69, 9.17) is 41.0 Å². The topological polar surface area (TPSA) is 36.9 Å². The summed E-state index contributed by atoms with van der Waals surface area (Å²) in [4.78, 5) is 0. The van der Waals surface area contributed by atoms with Gasteiger partial charge in [0, 0.05) is 39.5 Å². The summed E-state index contributed by atoms with van der Waals surface area (Å²) in [6, 6.07) is 2.15. The summed E-state index contributed by atoms with van der Waals surface area (Å²) < 4.78 is 25.0. The Morgan fingerprint density at radius 1 is 0.611 bits per heavy atom. The van der Waals surface area contributed by atoms with Gasteiger partial charge in [-0.1, -0.05) is 64.2 Å². The van der Waals surface area contributed by atoms with E-state index in [2.05, 4.69) is 0 Å². The van der Waals surface area contributed by atoms with Gasteiger partial charge in [-0.05, 0) is 71.9 Å². The van der Waals surface area contributed by atoms with Crippen molar-refractivity contribution in [3.63, 3.8) is 0 Å². The maximum atomic E-state index is 6.26. The lowest BCUT2D eigenvalue weighted by Crippen LogP contribution is -2.45. The van der Waals surface area contributed by atoms with Gasteiger partial charge in [0.25, 0.3) is 0 Å². The summed E-state index contributed by atoms with van der Waals surface area (Å²) in [5.41, 5.74) is 1.25. The van der Waals surface area contributed by atoms with Crippen molar-refractivity contribution in [1.29, 1.82) is 0 Å². The molecule has 2 aliphatic rings. The minimum atomic E-state index is -2.20. The Balaban J connectivity index is 1.93. The van der Waals surface area contributed by atoms with E-state index in [0.717, 1.165) is 36.4 Å². The quantitative estimate of drug-likeness (QED) is 0.109. The third-order valence-electron chi connectivity index (χ3n) is 8.95. The van der Waals surface area contributed by atoms with E-state index in [1.54, 1.807) is 9.83 Å². The highest BCUT2D eigenvalue weighted by molar-refractivity contribution is 9.33. The van der Waals surface area contributed by atoms with E-state index in [-0.39, 0.29) is 0 Å². The van der Waals surface area contributed by atoms with Gasteiger partial charge in [-0.3, -0.25) is 0 Å². The van der Waals surface area contributed by atoms with Crippen LogP contribution in [0.15, 0.2) is 0 Å². The van der Waals surface area contributed by atoms with Gasteiger partial charge in [0.05, 0.1) is 0 Å². The minimum absolute atomic E-state index is 0.625. The van der Waals surface area contributed by atoms with Gasteiger partial charge in [0.15, 0.2) is 0 Å². The van der Waals surface area contributed by atoms with Crippen LogP contribution in [-0.2, 0) is 17.7 Å². The van der Waals surface area contributed by atoms with E-state index in [0.29, 0.717) is 11.1 Å². The molecule has 2 fully saturated rings. The van der Waals surface area contributed by atoms with Gasteiger partial charge in [-0.15, -0.1) is 31.4 Å². The van der Waals surface area contributed by atoms with E-state index >= 15 is 0 Å². The van der Waals surface area contributed by atoms with Gasteiger partial charge in [-0.2, -0.15) is 0 Å². The van der Waals surface area contributed by atoms with Gasteiger partial charge in [0.1, 0.15) is 0 Å². The van der Waals surface area contributed by atoms with Crippen LogP contribution in [0, 0.1) is 0 Å². The third-order valence-corrected chi connectivity index (χ3v) is 26.8. The second-order valence-electron chi connectivity index (χ2n) is 11.0. The molecule has 4 nitrogen and oxygen atoms in total. The summed E-state index contributed by atoms with van der Waals surface area (Å²) in [7, 11) is 3.75. The highest BCUT2D eigenvalue weighted by Crippen LogP contribution is 2.67. The number of hydrogen-bond donors (Lipinski definition) is 2. The van der Waals surface area contributed by atoms with Crippen LogP contribution in [0.4, 0.5) is 0 Å². The lowest BCUT2D eigenvalue weighted by atomic mass is 10.0. The van der Waals surface area contributed by atoms with Crippen molar-refractivity contribution in [1.82, 2.24) is 0 Å². The Labute approximate surface area is 240 Å². The van der Waals surface area contributed by atoms with Crippen molar-refractivity contribution in [2.75, 3.05) is 39.9 Å². The lowest BCUT2D eigenvalue weighted by molar-refractivity contribution is 0.218. The van der Waals surface area contributed by atoms with Crippen LogP contribution in [0.5, 0.6) is 0 Å². The Morgan fingerprint density at radius 2 is 0.917 bits per heavy atom. The van der Waals surface area contributed by atoms with E-state index in [1.807, 2.05) is 28.4 Å². The molecule has 0 atom stereocenters. The summed E-state index contributed by atoms with van der Waals surface area (Å²) >= 11 is 9.96. The molecule has 0 aromatic rings. The largest absolute Gasteiger partial charge is 0.397 e. The predicted octanol–water partition coefficient (Wildman–Crippen LogP) is 9.61.